The summed E-state index contributed by atoms with van der Waals surface area (Å²) in [4.78, 5) is 12.7. The van der Waals surface area contributed by atoms with Crippen LogP contribution >= 0.6 is 23.2 Å². The average molecular weight is 601 g/mol. The van der Waals surface area contributed by atoms with Crippen LogP contribution in [0.25, 0.3) is 0 Å². The standard InChI is InChI=1S/C25H24Cl2FN3O5S2/c26-19-13-20(27)15-23(14-19)30-38(35,36)24-7-5-22(6-8-24)29-25(32)18-9-11-31(12-10-18)37(33,34)16-17-1-3-21(28)4-2-17/h1-8,13-15,18,30H,9-12,16H2,(H,29,32). The Kier molecular flexibility index (Phi) is 8.63. The number of anilines is 2. The van der Waals surface area contributed by atoms with Gasteiger partial charge in [-0.1, -0.05) is 35.3 Å². The number of amides is 1. The van der Waals surface area contributed by atoms with Gasteiger partial charge in [-0.2, -0.15) is 0 Å². The number of hydrogen-bond acceptors (Lipinski definition) is 5. The molecule has 0 saturated carbocycles. The third-order valence-corrected chi connectivity index (χ3v) is 9.71. The van der Waals surface area contributed by atoms with E-state index < -0.39 is 31.8 Å². The fraction of sp³-hybridized carbons (Fsp3) is 0.240. The Morgan fingerprint density at radius 1 is 0.868 bits per heavy atom. The lowest BCUT2D eigenvalue weighted by molar-refractivity contribution is -0.120. The smallest absolute Gasteiger partial charge is 0.261 e. The second kappa shape index (κ2) is 11.6. The minimum atomic E-state index is -3.92. The highest BCUT2D eigenvalue weighted by molar-refractivity contribution is 7.92. The van der Waals surface area contributed by atoms with Crippen LogP contribution in [0.4, 0.5) is 15.8 Å². The zero-order valence-electron chi connectivity index (χ0n) is 19.9. The van der Waals surface area contributed by atoms with E-state index >= 15 is 0 Å². The highest BCUT2D eigenvalue weighted by atomic mass is 35.5. The molecule has 1 fully saturated rings. The fourth-order valence-corrected chi connectivity index (χ4v) is 7.20. The Labute approximate surface area is 230 Å². The molecule has 1 saturated heterocycles. The first kappa shape index (κ1) is 28.3. The van der Waals surface area contributed by atoms with Gasteiger partial charge in [-0.3, -0.25) is 9.52 Å². The van der Waals surface area contributed by atoms with Crippen LogP contribution in [0.5, 0.6) is 0 Å². The van der Waals surface area contributed by atoms with E-state index in [0.717, 1.165) is 0 Å². The molecule has 0 bridgehead atoms. The third-order valence-electron chi connectivity index (χ3n) is 6.03. The predicted octanol–water partition coefficient (Wildman–Crippen LogP) is 5.11. The van der Waals surface area contributed by atoms with Crippen LogP contribution in [-0.4, -0.2) is 40.1 Å². The molecule has 8 nitrogen and oxygen atoms in total. The molecule has 0 spiro atoms. The van der Waals surface area contributed by atoms with Crippen molar-refractivity contribution in [3.63, 3.8) is 0 Å². The van der Waals surface area contributed by atoms with Crippen molar-refractivity contribution in [3.8, 4) is 0 Å². The molecule has 2 N–H and O–H groups in total. The summed E-state index contributed by atoms with van der Waals surface area (Å²) in [5.74, 6) is -1.35. The summed E-state index contributed by atoms with van der Waals surface area (Å²) in [6, 6.07) is 15.3. The van der Waals surface area contributed by atoms with Crippen LogP contribution < -0.4 is 10.0 Å². The normalized spacial score (nSPS) is 15.2. The Hall–Kier alpha value is -2.70. The Bertz CT molecular complexity index is 1510. The van der Waals surface area contributed by atoms with Gasteiger partial charge in [0.15, 0.2) is 0 Å². The summed E-state index contributed by atoms with van der Waals surface area (Å²) in [6.45, 7) is 0.385. The van der Waals surface area contributed by atoms with Crippen LogP contribution in [0.2, 0.25) is 10.0 Å². The van der Waals surface area contributed by atoms with Crippen LogP contribution in [0.3, 0.4) is 0 Å². The minimum absolute atomic E-state index is 0.0220. The molecular weight excluding hydrogens is 576 g/mol. The highest BCUT2D eigenvalue weighted by Crippen LogP contribution is 2.26. The summed E-state index contributed by atoms with van der Waals surface area (Å²) >= 11 is 11.8. The SMILES string of the molecule is O=C(Nc1ccc(S(=O)(=O)Nc2cc(Cl)cc(Cl)c2)cc1)C1CCN(S(=O)(=O)Cc2ccc(F)cc2)CC1. The maximum absolute atomic E-state index is 13.1. The molecule has 1 aliphatic rings. The van der Waals surface area contributed by atoms with Gasteiger partial charge < -0.3 is 5.32 Å². The lowest BCUT2D eigenvalue weighted by atomic mass is 9.97. The van der Waals surface area contributed by atoms with E-state index in [-0.39, 0.29) is 45.4 Å². The Balaban J connectivity index is 1.32. The van der Waals surface area contributed by atoms with E-state index in [0.29, 0.717) is 24.1 Å². The minimum Gasteiger partial charge on any atom is -0.326 e. The zero-order valence-corrected chi connectivity index (χ0v) is 23.0. The molecule has 3 aromatic carbocycles. The number of benzene rings is 3. The first-order chi connectivity index (χ1) is 17.9. The number of rotatable bonds is 8. The summed E-state index contributed by atoms with van der Waals surface area (Å²) in [7, 11) is -7.52. The molecule has 0 atom stereocenters. The Morgan fingerprint density at radius 3 is 2.03 bits per heavy atom. The number of nitrogens with one attached hydrogen (secondary N) is 2. The number of nitrogens with zero attached hydrogens (tertiary/aromatic N) is 1. The number of halogens is 3. The molecule has 13 heteroatoms. The van der Waals surface area contributed by atoms with Crippen molar-refractivity contribution in [3.05, 3.63) is 88.2 Å². The van der Waals surface area contributed by atoms with E-state index in [4.69, 9.17) is 23.2 Å². The molecule has 202 valence electrons. The van der Waals surface area contributed by atoms with E-state index in [1.54, 1.807) is 0 Å². The van der Waals surface area contributed by atoms with Crippen molar-refractivity contribution in [2.24, 2.45) is 5.92 Å². The number of hydrogen-bond donors (Lipinski definition) is 2. The number of carbonyl (C=O) groups excluding carboxylic acids is 1. The van der Waals surface area contributed by atoms with E-state index in [9.17, 15) is 26.0 Å². The molecule has 3 aromatic rings. The molecule has 4 rings (SSSR count). The van der Waals surface area contributed by atoms with Crippen molar-refractivity contribution in [1.29, 1.82) is 0 Å². The molecule has 0 radical (unpaired) electrons. The second-order valence-corrected chi connectivity index (χ2v) is 13.4. The average Bonchev–Trinajstić information content (AvgIpc) is 2.85. The molecule has 0 aromatic heterocycles. The maximum Gasteiger partial charge on any atom is 0.261 e. The third kappa shape index (κ3) is 7.23. The monoisotopic (exact) mass is 599 g/mol. The summed E-state index contributed by atoms with van der Waals surface area (Å²) in [5, 5.41) is 3.33. The van der Waals surface area contributed by atoms with Crippen LogP contribution in [0.15, 0.2) is 71.6 Å². The van der Waals surface area contributed by atoms with Gasteiger partial charge in [-0.25, -0.2) is 25.5 Å². The number of sulfonamides is 2. The van der Waals surface area contributed by atoms with Crippen LogP contribution in [-0.2, 0) is 30.6 Å². The molecule has 38 heavy (non-hydrogen) atoms. The van der Waals surface area contributed by atoms with Gasteiger partial charge in [-0.05, 0) is 73.0 Å². The fourth-order valence-electron chi connectivity index (χ4n) is 4.07. The van der Waals surface area contributed by atoms with Crippen LogP contribution in [0.1, 0.15) is 18.4 Å². The van der Waals surface area contributed by atoms with Gasteiger partial charge in [0, 0.05) is 34.7 Å². The number of piperidine rings is 1. The topological polar surface area (TPSA) is 113 Å². The van der Waals surface area contributed by atoms with Gasteiger partial charge in [-0.15, -0.1) is 0 Å². The van der Waals surface area contributed by atoms with Gasteiger partial charge in [0.05, 0.1) is 16.3 Å². The first-order valence-electron chi connectivity index (χ1n) is 11.5. The molecule has 1 heterocycles. The van der Waals surface area contributed by atoms with Gasteiger partial charge in [0.1, 0.15) is 5.82 Å². The second-order valence-electron chi connectivity index (χ2n) is 8.83. The maximum atomic E-state index is 13.1. The molecular formula is C25H24Cl2FN3O5S2. The largest absolute Gasteiger partial charge is 0.326 e. The van der Waals surface area contributed by atoms with Crippen molar-refractivity contribution in [2.45, 2.75) is 23.5 Å². The quantitative estimate of drug-likeness (QED) is 0.373. The van der Waals surface area contributed by atoms with E-state index in [1.165, 1.54) is 71.0 Å². The highest BCUT2D eigenvalue weighted by Gasteiger charge is 2.31. The van der Waals surface area contributed by atoms with Gasteiger partial charge in [0.2, 0.25) is 15.9 Å². The van der Waals surface area contributed by atoms with Crippen molar-refractivity contribution in [2.75, 3.05) is 23.1 Å². The number of carbonyl (C=O) groups is 1. The van der Waals surface area contributed by atoms with Gasteiger partial charge >= 0.3 is 0 Å². The molecule has 0 unspecified atom stereocenters. The lowest BCUT2D eigenvalue weighted by Gasteiger charge is -2.30. The lowest BCUT2D eigenvalue weighted by Crippen LogP contribution is -2.41. The summed E-state index contributed by atoms with van der Waals surface area (Å²) in [6.07, 6.45) is 0.681. The van der Waals surface area contributed by atoms with Crippen molar-refractivity contribution in [1.82, 2.24) is 4.31 Å². The van der Waals surface area contributed by atoms with Crippen molar-refractivity contribution >= 4 is 60.5 Å². The Morgan fingerprint density at radius 2 is 1.45 bits per heavy atom. The van der Waals surface area contributed by atoms with Crippen molar-refractivity contribution < 1.29 is 26.0 Å². The zero-order chi connectivity index (χ0) is 27.5. The van der Waals surface area contributed by atoms with E-state index in [2.05, 4.69) is 10.0 Å². The van der Waals surface area contributed by atoms with Crippen LogP contribution in [0, 0.1) is 11.7 Å². The summed E-state index contributed by atoms with van der Waals surface area (Å²) in [5.41, 5.74) is 1.11. The summed E-state index contributed by atoms with van der Waals surface area (Å²) < 4.78 is 67.7. The van der Waals surface area contributed by atoms with E-state index in [1.807, 2.05) is 0 Å². The predicted molar refractivity (Wildman–Crippen MR) is 146 cm³/mol. The first-order valence-corrected chi connectivity index (χ1v) is 15.4. The molecule has 1 amide bonds. The van der Waals surface area contributed by atoms with Gasteiger partial charge in [0.25, 0.3) is 10.0 Å². The molecule has 0 aliphatic carbocycles. The molecule has 1 aliphatic heterocycles.